The van der Waals surface area contributed by atoms with Crippen molar-refractivity contribution in [2.24, 2.45) is 0 Å². The van der Waals surface area contributed by atoms with Crippen molar-refractivity contribution in [3.63, 3.8) is 0 Å². The topological polar surface area (TPSA) is 47.6 Å². The molecule has 1 aromatic rings. The summed E-state index contributed by atoms with van der Waals surface area (Å²) in [6.07, 6.45) is -1.04. The number of hydrogen-bond acceptors (Lipinski definition) is 3. The first-order valence-corrected chi connectivity index (χ1v) is 4.86. The molecular weight excluding hydrogens is 194 g/mol. The van der Waals surface area contributed by atoms with Crippen LogP contribution in [0.25, 0.3) is 0 Å². The molecule has 0 spiro atoms. The van der Waals surface area contributed by atoms with Crippen molar-refractivity contribution >= 4 is 11.8 Å². The molecule has 0 fully saturated rings. The maximum Gasteiger partial charge on any atom is 0.413 e. The van der Waals surface area contributed by atoms with Crippen LogP contribution in [0.1, 0.15) is 13.8 Å². The third-order valence-corrected chi connectivity index (χ3v) is 1.69. The zero-order valence-corrected chi connectivity index (χ0v) is 8.90. The summed E-state index contributed by atoms with van der Waals surface area (Å²) in [5, 5.41) is 2.59. The molecule has 0 aliphatic heterocycles. The molecule has 1 amide bonds. The van der Waals surface area contributed by atoms with E-state index >= 15 is 0 Å². The van der Waals surface area contributed by atoms with Gasteiger partial charge < -0.3 is 9.47 Å². The largest absolute Gasteiger partial charge is 0.420 e. The molecule has 0 aliphatic rings. The Morgan fingerprint density at radius 3 is 2.67 bits per heavy atom. The number of amides is 1. The minimum atomic E-state index is -0.529. The van der Waals surface area contributed by atoms with Gasteiger partial charge in [0.25, 0.3) is 0 Å². The molecule has 0 saturated carbocycles. The summed E-state index contributed by atoms with van der Waals surface area (Å²) >= 11 is 0. The van der Waals surface area contributed by atoms with Crippen LogP contribution in [0.5, 0.6) is 0 Å². The predicted octanol–water partition coefficient (Wildman–Crippen LogP) is 2.62. The second kappa shape index (κ2) is 6.03. The standard InChI is InChI=1S/C11H15NO3/c1-3-14-9(2)15-11(13)12-10-7-5-4-6-8-10/h4-9H,3H2,1-2H3,(H,12,13). The van der Waals surface area contributed by atoms with Crippen molar-refractivity contribution in [3.05, 3.63) is 30.3 Å². The van der Waals surface area contributed by atoms with Crippen molar-refractivity contribution in [2.75, 3.05) is 11.9 Å². The molecule has 0 aromatic heterocycles. The number of benzene rings is 1. The van der Waals surface area contributed by atoms with Crippen LogP contribution in [0.15, 0.2) is 30.3 Å². The van der Waals surface area contributed by atoms with Crippen LogP contribution in [-0.4, -0.2) is 19.0 Å². The van der Waals surface area contributed by atoms with E-state index in [0.717, 1.165) is 0 Å². The first-order chi connectivity index (χ1) is 7.22. The predicted molar refractivity (Wildman–Crippen MR) is 57.6 cm³/mol. The molecule has 15 heavy (non-hydrogen) atoms. The fraction of sp³-hybridized carbons (Fsp3) is 0.364. The second-order valence-electron chi connectivity index (χ2n) is 2.92. The normalized spacial score (nSPS) is 11.9. The quantitative estimate of drug-likeness (QED) is 0.775. The van der Waals surface area contributed by atoms with Crippen molar-refractivity contribution < 1.29 is 14.3 Å². The molecule has 4 nitrogen and oxygen atoms in total. The summed E-state index contributed by atoms with van der Waals surface area (Å²) in [6, 6.07) is 9.11. The lowest BCUT2D eigenvalue weighted by molar-refractivity contribution is -0.0827. The van der Waals surface area contributed by atoms with Gasteiger partial charge in [-0.05, 0) is 26.0 Å². The molecule has 0 saturated heterocycles. The Balaban J connectivity index is 2.36. The SMILES string of the molecule is CCOC(C)OC(=O)Nc1ccccc1. The van der Waals surface area contributed by atoms with Crippen LogP contribution in [-0.2, 0) is 9.47 Å². The van der Waals surface area contributed by atoms with Gasteiger partial charge in [0.15, 0.2) is 0 Å². The summed E-state index contributed by atoms with van der Waals surface area (Å²) in [5.41, 5.74) is 0.700. The van der Waals surface area contributed by atoms with E-state index in [1.54, 1.807) is 19.1 Å². The summed E-state index contributed by atoms with van der Waals surface area (Å²) in [6.45, 7) is 4.03. The highest BCUT2D eigenvalue weighted by Gasteiger charge is 2.08. The molecule has 0 radical (unpaired) electrons. The van der Waals surface area contributed by atoms with Gasteiger partial charge in [-0.15, -0.1) is 0 Å². The second-order valence-corrected chi connectivity index (χ2v) is 2.92. The number of hydrogen-bond donors (Lipinski definition) is 1. The fourth-order valence-electron chi connectivity index (χ4n) is 1.09. The van der Waals surface area contributed by atoms with E-state index in [9.17, 15) is 4.79 Å². The first kappa shape index (κ1) is 11.5. The van der Waals surface area contributed by atoms with Crippen molar-refractivity contribution in [3.8, 4) is 0 Å². The smallest absolute Gasteiger partial charge is 0.413 e. The van der Waals surface area contributed by atoms with Crippen LogP contribution in [0.4, 0.5) is 10.5 Å². The molecule has 1 rings (SSSR count). The Kier molecular flexibility index (Phi) is 4.63. The Labute approximate surface area is 89.2 Å². The Morgan fingerprint density at radius 2 is 2.07 bits per heavy atom. The van der Waals surface area contributed by atoms with Crippen LogP contribution in [0, 0.1) is 0 Å². The summed E-state index contributed by atoms with van der Waals surface area (Å²) in [4.78, 5) is 11.3. The van der Waals surface area contributed by atoms with Crippen LogP contribution >= 0.6 is 0 Å². The third-order valence-electron chi connectivity index (χ3n) is 1.69. The van der Waals surface area contributed by atoms with Crippen LogP contribution in [0.3, 0.4) is 0 Å². The lowest BCUT2D eigenvalue weighted by Gasteiger charge is -2.13. The molecule has 1 N–H and O–H groups in total. The Morgan fingerprint density at radius 1 is 1.40 bits per heavy atom. The van der Waals surface area contributed by atoms with Gasteiger partial charge in [0.1, 0.15) is 0 Å². The molecule has 0 heterocycles. The van der Waals surface area contributed by atoms with Crippen LogP contribution < -0.4 is 5.32 Å². The lowest BCUT2D eigenvalue weighted by atomic mass is 10.3. The molecular formula is C11H15NO3. The average molecular weight is 209 g/mol. The highest BCUT2D eigenvalue weighted by molar-refractivity contribution is 5.84. The third kappa shape index (κ3) is 4.46. The molecule has 1 atom stereocenters. The summed E-state index contributed by atoms with van der Waals surface area (Å²) < 4.78 is 9.99. The van der Waals surface area contributed by atoms with Gasteiger partial charge in [-0.25, -0.2) is 4.79 Å². The van der Waals surface area contributed by atoms with E-state index in [-0.39, 0.29) is 0 Å². The van der Waals surface area contributed by atoms with E-state index in [1.807, 2.05) is 25.1 Å². The van der Waals surface area contributed by atoms with E-state index < -0.39 is 12.4 Å². The van der Waals surface area contributed by atoms with Gasteiger partial charge in [-0.2, -0.15) is 0 Å². The van der Waals surface area contributed by atoms with Gasteiger partial charge in [-0.1, -0.05) is 18.2 Å². The van der Waals surface area contributed by atoms with Gasteiger partial charge >= 0.3 is 6.09 Å². The fourth-order valence-corrected chi connectivity index (χ4v) is 1.09. The minimum Gasteiger partial charge on any atom is -0.420 e. The minimum absolute atomic E-state index is 0.512. The van der Waals surface area contributed by atoms with Gasteiger partial charge in [-0.3, -0.25) is 5.32 Å². The number of ether oxygens (including phenoxy) is 2. The molecule has 1 aromatic carbocycles. The number of carbonyl (C=O) groups excluding carboxylic acids is 1. The molecule has 82 valence electrons. The first-order valence-electron chi connectivity index (χ1n) is 4.86. The zero-order chi connectivity index (χ0) is 11.1. The maximum atomic E-state index is 11.3. The van der Waals surface area contributed by atoms with Crippen molar-refractivity contribution in [1.82, 2.24) is 0 Å². The van der Waals surface area contributed by atoms with Crippen LogP contribution in [0.2, 0.25) is 0 Å². The lowest BCUT2D eigenvalue weighted by Crippen LogP contribution is -2.22. The molecule has 4 heteroatoms. The number of para-hydroxylation sites is 1. The number of rotatable bonds is 4. The number of nitrogens with one attached hydrogen (secondary N) is 1. The van der Waals surface area contributed by atoms with Crippen molar-refractivity contribution in [1.29, 1.82) is 0 Å². The van der Waals surface area contributed by atoms with Gasteiger partial charge in [0.2, 0.25) is 6.29 Å². The van der Waals surface area contributed by atoms with E-state index in [4.69, 9.17) is 9.47 Å². The highest BCUT2D eigenvalue weighted by Crippen LogP contribution is 2.06. The molecule has 1 unspecified atom stereocenters. The zero-order valence-electron chi connectivity index (χ0n) is 8.90. The maximum absolute atomic E-state index is 11.3. The average Bonchev–Trinajstić information content (AvgIpc) is 2.19. The number of carbonyl (C=O) groups is 1. The Hall–Kier alpha value is -1.55. The van der Waals surface area contributed by atoms with Crippen molar-refractivity contribution in [2.45, 2.75) is 20.1 Å². The highest BCUT2D eigenvalue weighted by atomic mass is 16.7. The number of anilines is 1. The van der Waals surface area contributed by atoms with Gasteiger partial charge in [0.05, 0.1) is 0 Å². The van der Waals surface area contributed by atoms with E-state index in [0.29, 0.717) is 12.3 Å². The molecule has 0 bridgehead atoms. The Bertz CT molecular complexity index is 300. The summed E-state index contributed by atoms with van der Waals surface area (Å²) in [5.74, 6) is 0. The molecule has 0 aliphatic carbocycles. The van der Waals surface area contributed by atoms with E-state index in [2.05, 4.69) is 5.32 Å². The van der Waals surface area contributed by atoms with E-state index in [1.165, 1.54) is 0 Å². The monoisotopic (exact) mass is 209 g/mol. The van der Waals surface area contributed by atoms with Gasteiger partial charge in [0, 0.05) is 12.3 Å². The summed E-state index contributed by atoms with van der Waals surface area (Å²) in [7, 11) is 0.